The summed E-state index contributed by atoms with van der Waals surface area (Å²) in [5.41, 5.74) is 10.6. The molecule has 0 aliphatic carbocycles. The fraction of sp³-hybridized carbons (Fsp3) is 0.341. The van der Waals surface area contributed by atoms with E-state index < -0.39 is 35.5 Å². The van der Waals surface area contributed by atoms with Crippen LogP contribution < -0.4 is 30.7 Å². The highest BCUT2D eigenvalue weighted by atomic mass is 16.7. The Labute approximate surface area is 326 Å². The molecule has 2 saturated heterocycles. The molecular weight excluding hydrogens is 726 g/mol. The third-order valence-corrected chi connectivity index (χ3v) is 7.91. The lowest BCUT2D eigenvalue weighted by Crippen LogP contribution is -2.42. The number of aromatic nitrogens is 1. The van der Waals surface area contributed by atoms with Crippen LogP contribution in [0.2, 0.25) is 0 Å². The summed E-state index contributed by atoms with van der Waals surface area (Å²) in [6.45, 7) is 11.8. The zero-order valence-corrected chi connectivity index (χ0v) is 32.5. The summed E-state index contributed by atoms with van der Waals surface area (Å²) >= 11 is 0. The van der Waals surface area contributed by atoms with Gasteiger partial charge in [-0.05, 0) is 57.2 Å². The van der Waals surface area contributed by atoms with E-state index in [0.29, 0.717) is 16.8 Å². The summed E-state index contributed by atoms with van der Waals surface area (Å²) < 4.78 is 34.8. The minimum absolute atomic E-state index is 0. The van der Waals surface area contributed by atoms with Gasteiger partial charge in [0.2, 0.25) is 0 Å². The second-order valence-corrected chi connectivity index (χ2v) is 12.9. The van der Waals surface area contributed by atoms with E-state index in [1.165, 1.54) is 40.0 Å². The normalized spacial score (nSPS) is 14.8. The molecule has 15 nitrogen and oxygen atoms in total. The molecule has 2 fully saturated rings. The smallest absolute Gasteiger partial charge is 0.350 e. The predicted octanol–water partition coefficient (Wildman–Crippen LogP) is 6.42. The second kappa shape index (κ2) is 19.7. The number of anilines is 2. The van der Waals surface area contributed by atoms with E-state index in [4.69, 9.17) is 29.4 Å². The number of H-pyrrole nitrogens is 1. The topological polar surface area (TPSA) is 204 Å². The van der Waals surface area contributed by atoms with E-state index in [1.54, 1.807) is 45.7 Å². The first-order valence-corrected chi connectivity index (χ1v) is 16.9. The molecule has 0 radical (unpaired) electrons. The summed E-state index contributed by atoms with van der Waals surface area (Å²) in [7, 11) is 4.83. The molecule has 0 saturated carbocycles. The highest BCUT2D eigenvalue weighted by Gasteiger charge is 2.39. The van der Waals surface area contributed by atoms with E-state index in [9.17, 15) is 24.0 Å². The maximum absolute atomic E-state index is 11.8. The van der Waals surface area contributed by atoms with Crippen LogP contribution in [0, 0.1) is 20.8 Å². The van der Waals surface area contributed by atoms with Crippen molar-refractivity contribution in [2.45, 2.75) is 73.9 Å². The van der Waals surface area contributed by atoms with Gasteiger partial charge in [0.15, 0.2) is 11.0 Å². The number of nitrogen functional groups attached to an aromatic ring is 1. The molecule has 15 heteroatoms. The van der Waals surface area contributed by atoms with Gasteiger partial charge in [0, 0.05) is 79.6 Å². The van der Waals surface area contributed by atoms with Crippen molar-refractivity contribution in [1.29, 1.82) is 0 Å². The molecule has 0 atom stereocenters. The highest BCUT2D eigenvalue weighted by Crippen LogP contribution is 2.27. The molecule has 0 bridgehead atoms. The van der Waals surface area contributed by atoms with Gasteiger partial charge < -0.3 is 49.2 Å². The van der Waals surface area contributed by atoms with Gasteiger partial charge in [-0.1, -0.05) is 19.6 Å². The van der Waals surface area contributed by atoms with Gasteiger partial charge in [-0.15, -0.1) is 0 Å². The van der Waals surface area contributed by atoms with Crippen LogP contribution in [0.5, 0.6) is 17.2 Å². The number of cyclic esters (lactones) is 4. The standard InChI is InChI=1S/C15H17NO5.C11H11NO2.C8H11NO.C6H8O4.CH4/c1-9-11(6-5-7-12(9)19-4)16-8-10-13(17)20-15(2,3)21-14(10)18;1-7-10(14-2)4-3-8-9(13)5-6-12-11(7)8;1-6-7(9)4-3-5-8(6)10-2;1-6(2)9-4(7)3-5(8)10-6;/h5-8,16H,1-4H3;3-6H,1-2H3,(H,12,13);3-5H,9H2,1-2H3;3H2,1-2H3;1H4. The van der Waals surface area contributed by atoms with Crippen LogP contribution in [0.3, 0.4) is 0 Å². The minimum Gasteiger partial charge on any atom is -0.496 e. The van der Waals surface area contributed by atoms with Crippen LogP contribution in [0.4, 0.5) is 11.4 Å². The summed E-state index contributed by atoms with van der Waals surface area (Å²) in [6, 6.07) is 16.2. The number of aromatic amines is 1. The van der Waals surface area contributed by atoms with E-state index in [0.717, 1.165) is 39.4 Å². The molecule has 0 spiro atoms. The first kappa shape index (κ1) is 45.6. The maximum atomic E-state index is 11.8. The quantitative estimate of drug-likeness (QED) is 0.0659. The van der Waals surface area contributed by atoms with Crippen molar-refractivity contribution in [2.75, 3.05) is 32.4 Å². The van der Waals surface area contributed by atoms with Gasteiger partial charge in [0.05, 0.1) is 26.8 Å². The molecule has 0 unspecified atom stereocenters. The fourth-order valence-corrected chi connectivity index (χ4v) is 5.13. The van der Waals surface area contributed by atoms with Crippen LogP contribution in [-0.2, 0) is 38.1 Å². The lowest BCUT2D eigenvalue weighted by Gasteiger charge is -2.29. The molecule has 2 aliphatic heterocycles. The summed E-state index contributed by atoms with van der Waals surface area (Å²) in [6.07, 6.45) is 2.65. The third kappa shape index (κ3) is 12.3. The Morgan fingerprint density at radius 3 is 1.70 bits per heavy atom. The van der Waals surface area contributed by atoms with Crippen LogP contribution in [0.25, 0.3) is 10.9 Å². The largest absolute Gasteiger partial charge is 0.496 e. The zero-order valence-electron chi connectivity index (χ0n) is 32.5. The van der Waals surface area contributed by atoms with Crippen LogP contribution >= 0.6 is 0 Å². The summed E-state index contributed by atoms with van der Waals surface area (Å²) in [5, 5.41) is 3.60. The summed E-state index contributed by atoms with van der Waals surface area (Å²) in [5.74, 6) is -2.46. The molecule has 302 valence electrons. The summed E-state index contributed by atoms with van der Waals surface area (Å²) in [4.78, 5) is 59.2. The third-order valence-electron chi connectivity index (χ3n) is 7.91. The molecule has 3 aromatic carbocycles. The van der Waals surface area contributed by atoms with E-state index in [1.807, 2.05) is 51.1 Å². The monoisotopic (exact) mass is 777 g/mol. The number of pyridine rings is 1. The first-order chi connectivity index (χ1) is 25.8. The number of aryl methyl sites for hydroxylation is 1. The molecular formula is C41H51N3O12. The van der Waals surface area contributed by atoms with Crippen molar-refractivity contribution in [3.05, 3.63) is 99.5 Å². The number of hydrogen-bond acceptors (Lipinski definition) is 14. The Kier molecular flexibility index (Phi) is 16.1. The number of benzene rings is 3. The van der Waals surface area contributed by atoms with E-state index >= 15 is 0 Å². The molecule has 4 N–H and O–H groups in total. The van der Waals surface area contributed by atoms with Crippen molar-refractivity contribution >= 4 is 46.2 Å². The fourth-order valence-electron chi connectivity index (χ4n) is 5.13. The molecule has 3 heterocycles. The van der Waals surface area contributed by atoms with Gasteiger partial charge in [0.25, 0.3) is 11.6 Å². The lowest BCUT2D eigenvalue weighted by atomic mass is 10.1. The molecule has 4 aromatic rings. The number of methoxy groups -OCH3 is 3. The van der Waals surface area contributed by atoms with Gasteiger partial charge in [-0.25, -0.2) is 9.59 Å². The SMILES string of the molecule is C.CC1(C)OC(=O)CC(=O)O1.COc1ccc2c(=O)cc[nH]c2c1C.COc1cccc(N)c1C.COc1cccc(NC=C2C(=O)OC(C)(C)OC2=O)c1C. The zero-order chi connectivity index (χ0) is 41.1. The number of rotatable bonds is 5. The highest BCUT2D eigenvalue weighted by molar-refractivity contribution is 6.15. The van der Waals surface area contributed by atoms with Gasteiger partial charge in [-0.3, -0.25) is 14.4 Å². The van der Waals surface area contributed by atoms with Crippen molar-refractivity contribution in [2.24, 2.45) is 0 Å². The number of ether oxygens (including phenoxy) is 7. The predicted molar refractivity (Wildman–Crippen MR) is 211 cm³/mol. The molecule has 1 aromatic heterocycles. The Hall–Kier alpha value is -6.51. The number of fused-ring (bicyclic) bond motifs is 1. The van der Waals surface area contributed by atoms with Crippen molar-refractivity contribution in [3.63, 3.8) is 0 Å². The molecule has 56 heavy (non-hydrogen) atoms. The van der Waals surface area contributed by atoms with E-state index in [-0.39, 0.29) is 24.8 Å². The lowest BCUT2D eigenvalue weighted by molar-refractivity contribution is -0.231. The number of carbonyl (C=O) groups is 4. The molecule has 0 amide bonds. The first-order valence-electron chi connectivity index (χ1n) is 16.9. The van der Waals surface area contributed by atoms with Crippen molar-refractivity contribution in [1.82, 2.24) is 4.98 Å². The number of carbonyl (C=O) groups excluding carboxylic acids is 4. The Morgan fingerprint density at radius 1 is 0.679 bits per heavy atom. The molecule has 6 rings (SSSR count). The Balaban J connectivity index is 0.000000270. The van der Waals surface area contributed by atoms with Crippen molar-refractivity contribution < 1.29 is 52.3 Å². The van der Waals surface area contributed by atoms with Crippen LogP contribution in [0.1, 0.15) is 58.2 Å². The number of esters is 4. The number of nitrogens with one attached hydrogen (secondary N) is 2. The Bertz CT molecular complexity index is 2100. The van der Waals surface area contributed by atoms with E-state index in [2.05, 4.69) is 19.8 Å². The van der Waals surface area contributed by atoms with Crippen LogP contribution in [0.15, 0.2) is 77.4 Å². The van der Waals surface area contributed by atoms with Crippen LogP contribution in [-0.4, -0.2) is 61.8 Å². The average Bonchev–Trinajstić information content (AvgIpc) is 3.09. The average molecular weight is 778 g/mol. The second-order valence-electron chi connectivity index (χ2n) is 12.9. The van der Waals surface area contributed by atoms with Gasteiger partial charge >= 0.3 is 23.9 Å². The maximum Gasteiger partial charge on any atom is 0.350 e. The van der Waals surface area contributed by atoms with Crippen molar-refractivity contribution in [3.8, 4) is 17.2 Å². The number of nitrogens with two attached hydrogens (primary N) is 1. The minimum atomic E-state index is -1.24. The Morgan fingerprint density at radius 2 is 1.18 bits per heavy atom. The van der Waals surface area contributed by atoms with Gasteiger partial charge in [-0.2, -0.15) is 0 Å². The molecule has 2 aliphatic rings. The van der Waals surface area contributed by atoms with Gasteiger partial charge in [0.1, 0.15) is 23.7 Å². The number of hydrogen-bond donors (Lipinski definition) is 3.